The zero-order valence-corrected chi connectivity index (χ0v) is 11.1. The second-order valence-corrected chi connectivity index (χ2v) is 5.52. The van der Waals surface area contributed by atoms with Crippen LogP contribution in [0.2, 0.25) is 0 Å². The van der Waals surface area contributed by atoms with Gasteiger partial charge >= 0.3 is 0 Å². The molecule has 0 aliphatic rings. The van der Waals surface area contributed by atoms with Crippen molar-refractivity contribution >= 4 is 15.7 Å². The lowest BCUT2D eigenvalue weighted by Crippen LogP contribution is -2.25. The summed E-state index contributed by atoms with van der Waals surface area (Å²) in [6.07, 6.45) is 1.38. The highest BCUT2D eigenvalue weighted by Gasteiger charge is 2.19. The van der Waals surface area contributed by atoms with E-state index >= 15 is 0 Å². The number of aryl methyl sites for hydroxylation is 1. The minimum atomic E-state index is -3.76. The molecule has 0 spiro atoms. The molecule has 2 aromatic heterocycles. The topological polar surface area (TPSA) is 110 Å². The smallest absolute Gasteiger partial charge is 0.260 e. The number of aromatic nitrogens is 1. The molecule has 0 aliphatic carbocycles. The van der Waals surface area contributed by atoms with Gasteiger partial charge < -0.3 is 9.84 Å². The lowest BCUT2D eigenvalue weighted by Gasteiger charge is -2.08. The monoisotopic (exact) mass is 282 g/mol. The molecule has 0 radical (unpaired) electrons. The number of pyridine rings is 1. The number of sulfonamides is 1. The molecule has 0 saturated carbocycles. The first-order chi connectivity index (χ1) is 9.03. The van der Waals surface area contributed by atoms with Crippen LogP contribution in [0.3, 0.4) is 0 Å². The van der Waals surface area contributed by atoms with Crippen molar-refractivity contribution in [3.05, 3.63) is 42.0 Å². The molecule has 2 rings (SSSR count). The molecule has 0 saturated heterocycles. The molecule has 0 unspecified atom stereocenters. The van der Waals surface area contributed by atoms with Gasteiger partial charge in [-0.2, -0.15) is 0 Å². The zero-order chi connectivity index (χ0) is 13.9. The minimum absolute atomic E-state index is 0.0523. The average molecular weight is 282 g/mol. The predicted molar refractivity (Wildman–Crippen MR) is 69.5 cm³/mol. The Labute approximate surface area is 110 Å². The van der Waals surface area contributed by atoms with Crippen molar-refractivity contribution in [3.8, 4) is 0 Å². The lowest BCUT2D eigenvalue weighted by atomic mass is 10.4. The highest BCUT2D eigenvalue weighted by atomic mass is 32.2. The van der Waals surface area contributed by atoms with Crippen molar-refractivity contribution in [2.45, 2.75) is 18.5 Å². The standard InChI is InChI=1S/C11H14N4O3S/c1-8-4-5-9(18-8)7-14-19(16,17)11-10(15-12)3-2-6-13-11/h2-6,14-15H,7,12H2,1H3. The maximum Gasteiger partial charge on any atom is 0.260 e. The van der Waals surface area contributed by atoms with Gasteiger partial charge in [0.1, 0.15) is 11.5 Å². The third-order valence-corrected chi connectivity index (χ3v) is 3.77. The van der Waals surface area contributed by atoms with Gasteiger partial charge in [0.2, 0.25) is 0 Å². The van der Waals surface area contributed by atoms with Crippen LogP contribution < -0.4 is 16.0 Å². The average Bonchev–Trinajstić information content (AvgIpc) is 2.82. The number of nitrogens with zero attached hydrogens (tertiary/aromatic N) is 1. The molecular formula is C11H14N4O3S. The summed E-state index contributed by atoms with van der Waals surface area (Å²) in [6.45, 7) is 1.84. The van der Waals surface area contributed by atoms with Crippen LogP contribution in [0.4, 0.5) is 5.69 Å². The third kappa shape index (κ3) is 3.11. The van der Waals surface area contributed by atoms with E-state index in [1.54, 1.807) is 25.1 Å². The molecule has 0 fully saturated rings. The summed E-state index contributed by atoms with van der Waals surface area (Å²) in [7, 11) is -3.76. The van der Waals surface area contributed by atoms with Crippen LogP contribution in [0.15, 0.2) is 39.9 Å². The molecule has 4 N–H and O–H groups in total. The van der Waals surface area contributed by atoms with Crippen LogP contribution in [0, 0.1) is 6.92 Å². The summed E-state index contributed by atoms with van der Waals surface area (Å²) in [5, 5.41) is -0.152. The largest absolute Gasteiger partial charge is 0.465 e. The Hall–Kier alpha value is -1.90. The third-order valence-electron chi connectivity index (χ3n) is 2.41. The van der Waals surface area contributed by atoms with Crippen LogP contribution >= 0.6 is 0 Å². The van der Waals surface area contributed by atoms with E-state index in [1.807, 2.05) is 0 Å². The summed E-state index contributed by atoms with van der Waals surface area (Å²) in [5.41, 5.74) is 2.53. The number of hydrogen-bond acceptors (Lipinski definition) is 6. The first kappa shape index (κ1) is 13.5. The summed E-state index contributed by atoms with van der Waals surface area (Å²) in [6, 6.07) is 6.58. The number of hydrogen-bond donors (Lipinski definition) is 3. The Morgan fingerprint density at radius 1 is 1.37 bits per heavy atom. The number of nitrogens with two attached hydrogens (primary N) is 1. The summed E-state index contributed by atoms with van der Waals surface area (Å²) >= 11 is 0. The maximum atomic E-state index is 12.1. The van der Waals surface area contributed by atoms with E-state index < -0.39 is 10.0 Å². The lowest BCUT2D eigenvalue weighted by molar-refractivity contribution is 0.475. The minimum Gasteiger partial charge on any atom is -0.465 e. The Morgan fingerprint density at radius 3 is 2.79 bits per heavy atom. The molecule has 0 aliphatic heterocycles. The van der Waals surface area contributed by atoms with Gasteiger partial charge in [-0.05, 0) is 31.2 Å². The van der Waals surface area contributed by atoms with Gasteiger partial charge in [0.05, 0.1) is 12.2 Å². The molecule has 2 heterocycles. The van der Waals surface area contributed by atoms with Crippen LogP contribution in [0.25, 0.3) is 0 Å². The molecule has 0 bridgehead atoms. The molecule has 8 heteroatoms. The number of rotatable bonds is 5. The summed E-state index contributed by atoms with van der Waals surface area (Å²) in [4.78, 5) is 3.82. The van der Waals surface area contributed by atoms with E-state index in [4.69, 9.17) is 10.3 Å². The highest BCUT2D eigenvalue weighted by molar-refractivity contribution is 7.89. The van der Waals surface area contributed by atoms with Crippen LogP contribution in [0.1, 0.15) is 11.5 Å². The molecule has 19 heavy (non-hydrogen) atoms. The molecule has 0 atom stereocenters. The molecule has 0 aromatic carbocycles. The van der Waals surface area contributed by atoms with Gasteiger partial charge in [0.15, 0.2) is 5.03 Å². The zero-order valence-electron chi connectivity index (χ0n) is 10.3. The second-order valence-electron chi connectivity index (χ2n) is 3.84. The van der Waals surface area contributed by atoms with Crippen molar-refractivity contribution in [2.75, 3.05) is 5.43 Å². The van der Waals surface area contributed by atoms with Gasteiger partial charge in [-0.25, -0.2) is 18.1 Å². The Kier molecular flexibility index (Phi) is 3.84. The fraction of sp³-hybridized carbons (Fsp3) is 0.182. The van der Waals surface area contributed by atoms with E-state index in [2.05, 4.69) is 15.1 Å². The fourth-order valence-corrected chi connectivity index (χ4v) is 2.61. The molecule has 2 aromatic rings. The SMILES string of the molecule is Cc1ccc(CNS(=O)(=O)c2ncccc2NN)o1. The number of furan rings is 1. The second kappa shape index (κ2) is 5.39. The van der Waals surface area contributed by atoms with Crippen molar-refractivity contribution in [1.82, 2.24) is 9.71 Å². The summed E-state index contributed by atoms with van der Waals surface area (Å²) in [5.74, 6) is 6.50. The van der Waals surface area contributed by atoms with Crippen molar-refractivity contribution < 1.29 is 12.8 Å². The van der Waals surface area contributed by atoms with Crippen LogP contribution in [-0.4, -0.2) is 13.4 Å². The van der Waals surface area contributed by atoms with E-state index in [-0.39, 0.29) is 17.3 Å². The van der Waals surface area contributed by atoms with Crippen molar-refractivity contribution in [1.29, 1.82) is 0 Å². The van der Waals surface area contributed by atoms with E-state index in [1.165, 1.54) is 12.3 Å². The quantitative estimate of drug-likeness (QED) is 0.551. The first-order valence-corrected chi connectivity index (χ1v) is 6.98. The van der Waals surface area contributed by atoms with Crippen molar-refractivity contribution in [3.63, 3.8) is 0 Å². The summed E-state index contributed by atoms with van der Waals surface area (Å²) < 4.78 is 31.8. The predicted octanol–water partition coefficient (Wildman–Crippen LogP) is 0.747. The van der Waals surface area contributed by atoms with Gasteiger partial charge in [-0.3, -0.25) is 5.84 Å². The first-order valence-electron chi connectivity index (χ1n) is 5.49. The number of nitrogen functional groups attached to an aromatic ring is 1. The van der Waals surface area contributed by atoms with Gasteiger partial charge in [-0.1, -0.05) is 0 Å². The van der Waals surface area contributed by atoms with Gasteiger partial charge in [0.25, 0.3) is 10.0 Å². The van der Waals surface area contributed by atoms with E-state index in [0.717, 1.165) is 5.76 Å². The normalized spacial score (nSPS) is 11.5. The van der Waals surface area contributed by atoms with Gasteiger partial charge in [-0.15, -0.1) is 0 Å². The molecular weight excluding hydrogens is 268 g/mol. The number of hydrazine groups is 1. The molecule has 0 amide bonds. The van der Waals surface area contributed by atoms with E-state index in [0.29, 0.717) is 5.76 Å². The maximum absolute atomic E-state index is 12.1. The van der Waals surface area contributed by atoms with Gasteiger partial charge in [0, 0.05) is 6.20 Å². The number of nitrogens with one attached hydrogen (secondary N) is 2. The molecule has 7 nitrogen and oxygen atoms in total. The highest BCUT2D eigenvalue weighted by Crippen LogP contribution is 2.17. The Balaban J connectivity index is 2.18. The van der Waals surface area contributed by atoms with E-state index in [9.17, 15) is 8.42 Å². The molecule has 102 valence electrons. The van der Waals surface area contributed by atoms with Crippen LogP contribution in [-0.2, 0) is 16.6 Å². The van der Waals surface area contributed by atoms with Crippen molar-refractivity contribution in [2.24, 2.45) is 5.84 Å². The Bertz CT molecular complexity index is 666. The Morgan fingerprint density at radius 2 is 2.16 bits per heavy atom. The number of anilines is 1. The van der Waals surface area contributed by atoms with Crippen LogP contribution in [0.5, 0.6) is 0 Å². The fourth-order valence-electron chi connectivity index (χ4n) is 1.53.